The number of imidazole rings is 1. The Labute approximate surface area is 140 Å². The Morgan fingerprint density at radius 3 is 2.96 bits per heavy atom. The third-order valence-corrected chi connectivity index (χ3v) is 4.09. The molecule has 0 aromatic carbocycles. The summed E-state index contributed by atoms with van der Waals surface area (Å²) in [4.78, 5) is 22.4. The van der Waals surface area contributed by atoms with Crippen molar-refractivity contribution in [3.63, 3.8) is 0 Å². The van der Waals surface area contributed by atoms with E-state index >= 15 is 0 Å². The molecule has 0 spiro atoms. The minimum atomic E-state index is -0.489. The Morgan fingerprint density at radius 2 is 2.25 bits per heavy atom. The molecule has 1 fully saturated rings. The van der Waals surface area contributed by atoms with Crippen LogP contribution in [0.1, 0.15) is 43.2 Å². The summed E-state index contributed by atoms with van der Waals surface area (Å²) < 4.78 is 21.2. The van der Waals surface area contributed by atoms with Gasteiger partial charge in [-0.05, 0) is 38.8 Å². The predicted molar refractivity (Wildman–Crippen MR) is 86.4 cm³/mol. The first kappa shape index (κ1) is 16.4. The Morgan fingerprint density at radius 1 is 1.42 bits per heavy atom. The lowest BCUT2D eigenvalue weighted by Crippen LogP contribution is -2.44. The van der Waals surface area contributed by atoms with E-state index in [1.807, 2.05) is 18.4 Å². The van der Waals surface area contributed by atoms with Gasteiger partial charge >= 0.3 is 0 Å². The van der Waals surface area contributed by atoms with E-state index in [4.69, 9.17) is 4.74 Å². The van der Waals surface area contributed by atoms with Gasteiger partial charge in [-0.25, -0.2) is 14.4 Å². The summed E-state index contributed by atoms with van der Waals surface area (Å²) in [5.41, 5.74) is 0.424. The standard InChI is InChI=1S/C17H21FN4O2/c1-12(2)22-10-15(20-11-22)17(23)21-8-4-5-13(9-21)24-16-14(18)6-3-7-19-16/h3,6-7,10-13H,4-5,8-9H2,1-2H3/t13-/m0/s1. The highest BCUT2D eigenvalue weighted by Crippen LogP contribution is 2.20. The molecule has 128 valence electrons. The summed E-state index contributed by atoms with van der Waals surface area (Å²) in [6, 6.07) is 3.08. The number of hydrogen-bond donors (Lipinski definition) is 0. The Balaban J connectivity index is 1.66. The number of pyridine rings is 1. The number of carbonyl (C=O) groups excluding carboxylic acids is 1. The molecule has 6 nitrogen and oxygen atoms in total. The van der Waals surface area contributed by atoms with E-state index in [0.717, 1.165) is 12.8 Å². The summed E-state index contributed by atoms with van der Waals surface area (Å²) in [5, 5.41) is 0. The minimum Gasteiger partial charge on any atom is -0.470 e. The molecule has 1 amide bonds. The molecule has 3 rings (SSSR count). The van der Waals surface area contributed by atoms with Crippen molar-refractivity contribution in [2.45, 2.75) is 38.8 Å². The average molecular weight is 332 g/mol. The summed E-state index contributed by atoms with van der Waals surface area (Å²) in [6.07, 6.45) is 6.22. The highest BCUT2D eigenvalue weighted by atomic mass is 19.1. The zero-order chi connectivity index (χ0) is 17.1. The van der Waals surface area contributed by atoms with Gasteiger partial charge in [0.1, 0.15) is 11.8 Å². The van der Waals surface area contributed by atoms with Gasteiger partial charge in [0.25, 0.3) is 11.8 Å². The fourth-order valence-corrected chi connectivity index (χ4v) is 2.73. The summed E-state index contributed by atoms with van der Waals surface area (Å²) in [5.74, 6) is -0.623. The normalized spacial score (nSPS) is 18.0. The molecule has 0 radical (unpaired) electrons. The van der Waals surface area contributed by atoms with Crippen molar-refractivity contribution in [2.24, 2.45) is 0 Å². The number of rotatable bonds is 4. The summed E-state index contributed by atoms with van der Waals surface area (Å²) in [6.45, 7) is 5.12. The molecule has 3 heterocycles. The maximum Gasteiger partial charge on any atom is 0.274 e. The Hall–Kier alpha value is -2.44. The van der Waals surface area contributed by atoms with Crippen molar-refractivity contribution in [2.75, 3.05) is 13.1 Å². The van der Waals surface area contributed by atoms with Crippen molar-refractivity contribution in [1.82, 2.24) is 19.4 Å². The monoisotopic (exact) mass is 332 g/mol. The number of hydrogen-bond acceptors (Lipinski definition) is 4. The number of likely N-dealkylation sites (tertiary alicyclic amines) is 1. The maximum absolute atomic E-state index is 13.7. The van der Waals surface area contributed by atoms with Crippen LogP contribution in [0.3, 0.4) is 0 Å². The minimum absolute atomic E-state index is 0.0131. The van der Waals surface area contributed by atoms with Gasteiger partial charge in [-0.15, -0.1) is 0 Å². The smallest absolute Gasteiger partial charge is 0.274 e. The number of halogens is 1. The fraction of sp³-hybridized carbons (Fsp3) is 0.471. The van der Waals surface area contributed by atoms with Crippen molar-refractivity contribution >= 4 is 5.91 Å². The van der Waals surface area contributed by atoms with Gasteiger partial charge in [0.2, 0.25) is 0 Å². The number of amides is 1. The number of carbonyl (C=O) groups is 1. The fourth-order valence-electron chi connectivity index (χ4n) is 2.73. The van der Waals surface area contributed by atoms with Gasteiger partial charge in [-0.2, -0.15) is 0 Å². The lowest BCUT2D eigenvalue weighted by molar-refractivity contribution is 0.0513. The van der Waals surface area contributed by atoms with Crippen LogP contribution in [0.2, 0.25) is 0 Å². The molecule has 0 N–H and O–H groups in total. The largest absolute Gasteiger partial charge is 0.470 e. The third kappa shape index (κ3) is 3.55. The zero-order valence-corrected chi connectivity index (χ0v) is 13.9. The van der Waals surface area contributed by atoms with Crippen molar-refractivity contribution < 1.29 is 13.9 Å². The van der Waals surface area contributed by atoms with Crippen LogP contribution in [-0.4, -0.2) is 44.5 Å². The average Bonchev–Trinajstić information content (AvgIpc) is 3.07. The molecule has 24 heavy (non-hydrogen) atoms. The lowest BCUT2D eigenvalue weighted by atomic mass is 10.1. The third-order valence-electron chi connectivity index (χ3n) is 4.09. The molecule has 0 aliphatic carbocycles. The molecule has 0 saturated carbocycles. The SMILES string of the molecule is CC(C)n1cnc(C(=O)N2CCC[C@H](Oc3ncccc3F)C2)c1. The molecule has 1 aliphatic heterocycles. The van der Waals surface area contributed by atoms with Crippen LogP contribution in [0.25, 0.3) is 0 Å². The highest BCUT2D eigenvalue weighted by molar-refractivity contribution is 5.92. The molecule has 2 aromatic rings. The van der Waals surface area contributed by atoms with Crippen LogP contribution >= 0.6 is 0 Å². The molecular weight excluding hydrogens is 311 g/mol. The van der Waals surface area contributed by atoms with E-state index in [9.17, 15) is 9.18 Å². The molecule has 1 atom stereocenters. The van der Waals surface area contributed by atoms with Crippen LogP contribution < -0.4 is 4.74 Å². The van der Waals surface area contributed by atoms with Gasteiger partial charge in [-0.1, -0.05) is 0 Å². The highest BCUT2D eigenvalue weighted by Gasteiger charge is 2.27. The van der Waals surface area contributed by atoms with E-state index < -0.39 is 5.82 Å². The van der Waals surface area contributed by atoms with E-state index in [0.29, 0.717) is 18.8 Å². The van der Waals surface area contributed by atoms with Crippen LogP contribution in [-0.2, 0) is 0 Å². The van der Waals surface area contributed by atoms with Crippen LogP contribution in [0.15, 0.2) is 30.9 Å². The van der Waals surface area contributed by atoms with Crippen molar-refractivity contribution in [3.05, 3.63) is 42.4 Å². The van der Waals surface area contributed by atoms with Crippen LogP contribution in [0.4, 0.5) is 4.39 Å². The van der Waals surface area contributed by atoms with E-state index in [-0.39, 0.29) is 23.9 Å². The topological polar surface area (TPSA) is 60.2 Å². The van der Waals surface area contributed by atoms with Gasteiger partial charge < -0.3 is 14.2 Å². The molecule has 0 bridgehead atoms. The second-order valence-corrected chi connectivity index (χ2v) is 6.22. The molecule has 0 unspecified atom stereocenters. The van der Waals surface area contributed by atoms with Crippen molar-refractivity contribution in [1.29, 1.82) is 0 Å². The predicted octanol–water partition coefficient (Wildman–Crippen LogP) is 2.68. The number of nitrogens with zero attached hydrogens (tertiary/aromatic N) is 4. The van der Waals surface area contributed by atoms with E-state index in [1.54, 1.807) is 17.4 Å². The van der Waals surface area contributed by atoms with Gasteiger partial charge in [0.15, 0.2) is 5.82 Å². The van der Waals surface area contributed by atoms with Crippen LogP contribution in [0, 0.1) is 5.82 Å². The first-order chi connectivity index (χ1) is 11.5. The van der Waals surface area contributed by atoms with E-state index in [2.05, 4.69) is 9.97 Å². The number of ether oxygens (including phenoxy) is 1. The van der Waals surface area contributed by atoms with Gasteiger partial charge in [-0.3, -0.25) is 4.79 Å². The van der Waals surface area contributed by atoms with Crippen molar-refractivity contribution in [3.8, 4) is 5.88 Å². The first-order valence-corrected chi connectivity index (χ1v) is 8.14. The van der Waals surface area contributed by atoms with E-state index in [1.165, 1.54) is 18.3 Å². The number of aromatic nitrogens is 3. The zero-order valence-electron chi connectivity index (χ0n) is 13.9. The molecule has 1 saturated heterocycles. The summed E-state index contributed by atoms with van der Waals surface area (Å²) in [7, 11) is 0. The Bertz CT molecular complexity index is 716. The molecular formula is C17H21FN4O2. The molecule has 1 aliphatic rings. The van der Waals surface area contributed by atoms with Gasteiger partial charge in [0.05, 0.1) is 12.9 Å². The second kappa shape index (κ2) is 6.98. The quantitative estimate of drug-likeness (QED) is 0.864. The number of piperidine rings is 1. The lowest BCUT2D eigenvalue weighted by Gasteiger charge is -2.32. The van der Waals surface area contributed by atoms with Crippen LogP contribution in [0.5, 0.6) is 5.88 Å². The summed E-state index contributed by atoms with van der Waals surface area (Å²) >= 11 is 0. The molecule has 2 aromatic heterocycles. The maximum atomic E-state index is 13.7. The first-order valence-electron chi connectivity index (χ1n) is 8.14. The molecule has 7 heteroatoms. The second-order valence-electron chi connectivity index (χ2n) is 6.22. The van der Waals surface area contributed by atoms with Gasteiger partial charge in [0, 0.05) is 25.0 Å². The Kier molecular flexibility index (Phi) is 4.78.